The number of nitrogens with zero attached hydrogens (tertiary/aromatic N) is 1. The Morgan fingerprint density at radius 1 is 1.35 bits per heavy atom. The highest BCUT2D eigenvalue weighted by molar-refractivity contribution is 5.99. The van der Waals surface area contributed by atoms with Crippen molar-refractivity contribution in [3.8, 4) is 0 Å². The van der Waals surface area contributed by atoms with Gasteiger partial charge in [-0.3, -0.25) is 4.79 Å². The normalized spacial score (nSPS) is 11.0. The van der Waals surface area contributed by atoms with Crippen LogP contribution in [0, 0.1) is 13.8 Å². The molecule has 0 fully saturated rings. The quantitative estimate of drug-likeness (QED) is 0.821. The number of aromatic nitrogens is 1. The van der Waals surface area contributed by atoms with E-state index in [1.54, 1.807) is 0 Å². The Morgan fingerprint density at radius 2 is 2.12 bits per heavy atom. The van der Waals surface area contributed by atoms with Crippen LogP contribution in [0.25, 0.3) is 10.9 Å². The van der Waals surface area contributed by atoms with Crippen LogP contribution in [0.15, 0.2) is 18.3 Å². The second kappa shape index (κ2) is 4.72. The number of aliphatic hydroxyl groups excluding tert-OH is 1. The van der Waals surface area contributed by atoms with E-state index in [9.17, 15) is 4.79 Å². The maximum absolute atomic E-state index is 11.1. The van der Waals surface area contributed by atoms with Crippen LogP contribution < -0.4 is 0 Å². The SMILES string of the molecule is Cc1cc(C)c2c(c1)c(C=O)cn2CCCO. The number of aliphatic hydroxyl groups is 1. The molecule has 0 aliphatic carbocycles. The molecule has 1 N–H and O–H groups in total. The number of aldehydes is 1. The van der Waals surface area contributed by atoms with Crippen molar-refractivity contribution in [2.75, 3.05) is 6.61 Å². The van der Waals surface area contributed by atoms with Crippen LogP contribution in [-0.4, -0.2) is 22.6 Å². The van der Waals surface area contributed by atoms with Gasteiger partial charge in [-0.15, -0.1) is 0 Å². The van der Waals surface area contributed by atoms with Crippen molar-refractivity contribution in [3.05, 3.63) is 35.0 Å². The molecule has 0 atom stereocenters. The second-order valence-electron chi connectivity index (χ2n) is 4.45. The third kappa shape index (κ3) is 2.11. The molecule has 0 bridgehead atoms. The van der Waals surface area contributed by atoms with Crippen LogP contribution in [0.5, 0.6) is 0 Å². The minimum absolute atomic E-state index is 0.168. The van der Waals surface area contributed by atoms with Gasteiger partial charge in [-0.05, 0) is 31.9 Å². The molecule has 0 aliphatic heterocycles. The molecule has 2 aromatic rings. The molecule has 0 saturated carbocycles. The molecule has 0 spiro atoms. The monoisotopic (exact) mass is 231 g/mol. The van der Waals surface area contributed by atoms with E-state index >= 15 is 0 Å². The Kier molecular flexibility index (Phi) is 3.29. The number of aryl methyl sites for hydroxylation is 3. The Morgan fingerprint density at radius 3 is 2.76 bits per heavy atom. The van der Waals surface area contributed by atoms with E-state index in [0.29, 0.717) is 6.42 Å². The molecule has 90 valence electrons. The third-order valence-corrected chi connectivity index (χ3v) is 3.02. The van der Waals surface area contributed by atoms with Gasteiger partial charge < -0.3 is 9.67 Å². The van der Waals surface area contributed by atoms with Crippen molar-refractivity contribution in [2.45, 2.75) is 26.8 Å². The molecule has 2 rings (SSSR count). The lowest BCUT2D eigenvalue weighted by molar-refractivity contribution is 0.112. The first kappa shape index (κ1) is 11.9. The third-order valence-electron chi connectivity index (χ3n) is 3.02. The van der Waals surface area contributed by atoms with Crippen LogP contribution in [0.1, 0.15) is 27.9 Å². The van der Waals surface area contributed by atoms with Gasteiger partial charge in [-0.25, -0.2) is 0 Å². The molecule has 1 aromatic heterocycles. The Bertz CT molecular complexity index is 555. The topological polar surface area (TPSA) is 42.2 Å². The maximum atomic E-state index is 11.1. The largest absolute Gasteiger partial charge is 0.396 e. The van der Waals surface area contributed by atoms with Crippen LogP contribution in [0.2, 0.25) is 0 Å². The Labute approximate surface area is 101 Å². The van der Waals surface area contributed by atoms with Crippen molar-refractivity contribution >= 4 is 17.2 Å². The van der Waals surface area contributed by atoms with Crippen LogP contribution >= 0.6 is 0 Å². The van der Waals surface area contributed by atoms with E-state index < -0.39 is 0 Å². The highest BCUT2D eigenvalue weighted by Crippen LogP contribution is 2.25. The molecule has 0 saturated heterocycles. The average Bonchev–Trinajstić information content (AvgIpc) is 2.64. The van der Waals surface area contributed by atoms with Gasteiger partial charge in [0.25, 0.3) is 0 Å². The lowest BCUT2D eigenvalue weighted by atomic mass is 10.1. The standard InChI is InChI=1S/C14H17NO2/c1-10-6-11(2)14-13(7-10)12(9-17)8-15(14)4-3-5-16/h6-9,16H,3-5H2,1-2H3. The summed E-state index contributed by atoms with van der Waals surface area (Å²) in [6.07, 6.45) is 3.48. The number of carbonyl (C=O) groups is 1. The van der Waals surface area contributed by atoms with Gasteiger partial charge in [0.05, 0.1) is 5.52 Å². The van der Waals surface area contributed by atoms with E-state index in [-0.39, 0.29) is 6.61 Å². The first-order chi connectivity index (χ1) is 8.17. The van der Waals surface area contributed by atoms with Gasteiger partial charge in [0.2, 0.25) is 0 Å². The molecule has 1 aromatic carbocycles. The summed E-state index contributed by atoms with van der Waals surface area (Å²) in [5.74, 6) is 0. The summed E-state index contributed by atoms with van der Waals surface area (Å²) in [7, 11) is 0. The number of hydrogen-bond acceptors (Lipinski definition) is 2. The van der Waals surface area contributed by atoms with Crippen molar-refractivity contribution in [2.24, 2.45) is 0 Å². The van der Waals surface area contributed by atoms with Crippen molar-refractivity contribution < 1.29 is 9.90 Å². The maximum Gasteiger partial charge on any atom is 0.152 e. The minimum atomic E-state index is 0.168. The summed E-state index contributed by atoms with van der Waals surface area (Å²) in [6, 6.07) is 4.16. The van der Waals surface area contributed by atoms with Gasteiger partial charge in [-0.2, -0.15) is 0 Å². The summed E-state index contributed by atoms with van der Waals surface area (Å²) in [6.45, 7) is 5.00. The van der Waals surface area contributed by atoms with Crippen LogP contribution in [-0.2, 0) is 6.54 Å². The number of fused-ring (bicyclic) bond motifs is 1. The molecular weight excluding hydrogens is 214 g/mol. The molecule has 3 heteroatoms. The minimum Gasteiger partial charge on any atom is -0.396 e. The molecule has 1 heterocycles. The van der Waals surface area contributed by atoms with E-state index in [0.717, 1.165) is 34.9 Å². The van der Waals surface area contributed by atoms with Crippen LogP contribution in [0.4, 0.5) is 0 Å². The van der Waals surface area contributed by atoms with E-state index in [1.807, 2.05) is 19.2 Å². The summed E-state index contributed by atoms with van der Waals surface area (Å²) in [5.41, 5.74) is 4.17. The molecule has 17 heavy (non-hydrogen) atoms. The lowest BCUT2D eigenvalue weighted by Crippen LogP contribution is -1.99. The summed E-state index contributed by atoms with van der Waals surface area (Å²) in [4.78, 5) is 11.1. The van der Waals surface area contributed by atoms with Gasteiger partial charge >= 0.3 is 0 Å². The second-order valence-corrected chi connectivity index (χ2v) is 4.45. The Balaban J connectivity index is 2.64. The predicted octanol–water partition coefficient (Wildman–Crippen LogP) is 2.45. The predicted molar refractivity (Wildman–Crippen MR) is 68.5 cm³/mol. The number of hydrogen-bond donors (Lipinski definition) is 1. The highest BCUT2D eigenvalue weighted by atomic mass is 16.3. The first-order valence-electron chi connectivity index (χ1n) is 5.83. The van der Waals surface area contributed by atoms with Gasteiger partial charge in [0.1, 0.15) is 0 Å². The van der Waals surface area contributed by atoms with E-state index in [2.05, 4.69) is 17.6 Å². The Hall–Kier alpha value is -1.61. The zero-order chi connectivity index (χ0) is 12.4. The van der Waals surface area contributed by atoms with Crippen molar-refractivity contribution in [1.29, 1.82) is 0 Å². The molecule has 0 radical (unpaired) electrons. The number of rotatable bonds is 4. The van der Waals surface area contributed by atoms with E-state index in [1.165, 1.54) is 5.56 Å². The fraction of sp³-hybridized carbons (Fsp3) is 0.357. The number of carbonyl (C=O) groups excluding carboxylic acids is 1. The zero-order valence-electron chi connectivity index (χ0n) is 10.2. The molecule has 3 nitrogen and oxygen atoms in total. The summed E-state index contributed by atoms with van der Waals surface area (Å²) in [5, 5.41) is 9.90. The first-order valence-corrected chi connectivity index (χ1v) is 5.83. The number of benzene rings is 1. The molecule has 0 unspecified atom stereocenters. The lowest BCUT2D eigenvalue weighted by Gasteiger charge is -2.07. The molecule has 0 aliphatic rings. The fourth-order valence-electron chi connectivity index (χ4n) is 2.37. The fourth-order valence-corrected chi connectivity index (χ4v) is 2.37. The van der Waals surface area contributed by atoms with Gasteiger partial charge in [-0.1, -0.05) is 11.6 Å². The summed E-state index contributed by atoms with van der Waals surface area (Å²) >= 11 is 0. The summed E-state index contributed by atoms with van der Waals surface area (Å²) < 4.78 is 2.06. The smallest absolute Gasteiger partial charge is 0.152 e. The van der Waals surface area contributed by atoms with E-state index in [4.69, 9.17) is 5.11 Å². The van der Waals surface area contributed by atoms with Crippen molar-refractivity contribution in [3.63, 3.8) is 0 Å². The molecular formula is C14H17NO2. The van der Waals surface area contributed by atoms with Crippen LogP contribution in [0.3, 0.4) is 0 Å². The zero-order valence-corrected chi connectivity index (χ0v) is 10.2. The highest BCUT2D eigenvalue weighted by Gasteiger charge is 2.10. The van der Waals surface area contributed by atoms with Gasteiger partial charge in [0, 0.05) is 30.3 Å². The van der Waals surface area contributed by atoms with Crippen molar-refractivity contribution in [1.82, 2.24) is 4.57 Å². The average molecular weight is 231 g/mol. The van der Waals surface area contributed by atoms with Gasteiger partial charge in [0.15, 0.2) is 6.29 Å². The molecule has 0 amide bonds.